The topological polar surface area (TPSA) is 0 Å². The van der Waals surface area contributed by atoms with Crippen molar-refractivity contribution in [1.82, 2.24) is 0 Å². The van der Waals surface area contributed by atoms with Crippen molar-refractivity contribution in [2.75, 3.05) is 0 Å². The van der Waals surface area contributed by atoms with E-state index in [-0.39, 0.29) is 5.41 Å². The molecule has 2 aliphatic rings. The summed E-state index contributed by atoms with van der Waals surface area (Å²) < 4.78 is 0. The maximum Gasteiger partial charge on any atom is 0.0289 e. The second-order valence-electron chi connectivity index (χ2n) is 5.05. The third kappa shape index (κ3) is 1.35. The lowest BCUT2D eigenvalue weighted by Crippen LogP contribution is -2.16. The highest BCUT2D eigenvalue weighted by Crippen LogP contribution is 2.49. The molecular weight excluding hydrogens is 180 g/mol. The number of rotatable bonds is 1. The summed E-state index contributed by atoms with van der Waals surface area (Å²) in [5.74, 6) is 0. The van der Waals surface area contributed by atoms with E-state index in [1.54, 1.807) is 5.57 Å². The molecule has 0 saturated carbocycles. The molecule has 0 heteroatoms. The predicted octanol–water partition coefficient (Wildman–Crippen LogP) is 4.57. The van der Waals surface area contributed by atoms with Crippen LogP contribution in [0.5, 0.6) is 0 Å². The highest BCUT2D eigenvalue weighted by Gasteiger charge is 2.35. The first-order valence-electron chi connectivity index (χ1n) is 5.71. The minimum atomic E-state index is 0.182. The molecule has 0 N–H and O–H groups in total. The lowest BCUT2D eigenvalue weighted by molar-refractivity contribution is 0.607. The third-order valence-electron chi connectivity index (χ3n) is 4.23. The lowest BCUT2D eigenvalue weighted by atomic mass is 9.76. The van der Waals surface area contributed by atoms with E-state index in [9.17, 15) is 0 Å². The van der Waals surface area contributed by atoms with Crippen molar-refractivity contribution in [3.63, 3.8) is 0 Å². The SMILES string of the molecule is CC1=CC(C)(C2=C(C)C=CC2)C(C)=C1C. The van der Waals surface area contributed by atoms with Gasteiger partial charge in [-0.1, -0.05) is 34.9 Å². The van der Waals surface area contributed by atoms with Crippen LogP contribution in [0.1, 0.15) is 41.0 Å². The van der Waals surface area contributed by atoms with Crippen LogP contribution in [0, 0.1) is 5.41 Å². The number of allylic oxidation sites excluding steroid dienone is 8. The summed E-state index contributed by atoms with van der Waals surface area (Å²) in [4.78, 5) is 0. The summed E-state index contributed by atoms with van der Waals surface area (Å²) in [5.41, 5.74) is 7.67. The van der Waals surface area contributed by atoms with Crippen LogP contribution in [0.15, 0.2) is 46.1 Å². The van der Waals surface area contributed by atoms with Gasteiger partial charge in [0.05, 0.1) is 0 Å². The monoisotopic (exact) mass is 200 g/mol. The zero-order chi connectivity index (χ0) is 11.2. The van der Waals surface area contributed by atoms with Crippen molar-refractivity contribution in [3.8, 4) is 0 Å². The summed E-state index contributed by atoms with van der Waals surface area (Å²) in [6.07, 6.45) is 8.09. The third-order valence-corrected chi connectivity index (χ3v) is 4.23. The molecule has 0 saturated heterocycles. The zero-order valence-electron chi connectivity index (χ0n) is 10.4. The van der Waals surface area contributed by atoms with Crippen LogP contribution in [0.4, 0.5) is 0 Å². The summed E-state index contributed by atoms with van der Waals surface area (Å²) in [6.45, 7) is 11.3. The van der Waals surface area contributed by atoms with Crippen LogP contribution in [0.3, 0.4) is 0 Å². The minimum Gasteiger partial charge on any atom is -0.0801 e. The molecule has 0 fully saturated rings. The van der Waals surface area contributed by atoms with Gasteiger partial charge in [-0.15, -0.1) is 0 Å². The van der Waals surface area contributed by atoms with Crippen molar-refractivity contribution in [2.24, 2.45) is 5.41 Å². The van der Waals surface area contributed by atoms with E-state index in [0.717, 1.165) is 6.42 Å². The Bertz CT molecular complexity index is 427. The van der Waals surface area contributed by atoms with E-state index in [0.29, 0.717) is 0 Å². The van der Waals surface area contributed by atoms with Crippen molar-refractivity contribution in [2.45, 2.75) is 41.0 Å². The predicted molar refractivity (Wildman–Crippen MR) is 66.7 cm³/mol. The molecule has 0 nitrogen and oxygen atoms in total. The van der Waals surface area contributed by atoms with Gasteiger partial charge in [0.25, 0.3) is 0 Å². The van der Waals surface area contributed by atoms with E-state index < -0.39 is 0 Å². The van der Waals surface area contributed by atoms with Gasteiger partial charge in [0.15, 0.2) is 0 Å². The van der Waals surface area contributed by atoms with Crippen LogP contribution in [-0.2, 0) is 0 Å². The molecule has 0 aromatic carbocycles. The molecule has 0 radical (unpaired) electrons. The Morgan fingerprint density at radius 2 is 1.80 bits per heavy atom. The minimum absolute atomic E-state index is 0.182. The molecule has 0 aromatic heterocycles. The standard InChI is InChI=1S/C15H20/c1-10-7-6-8-14(10)15(5)9-11(2)12(3)13(15)4/h6-7,9H,8H2,1-5H3. The first kappa shape index (κ1) is 10.5. The van der Waals surface area contributed by atoms with Gasteiger partial charge in [-0.2, -0.15) is 0 Å². The van der Waals surface area contributed by atoms with Crippen molar-refractivity contribution in [3.05, 3.63) is 46.1 Å². The van der Waals surface area contributed by atoms with Crippen LogP contribution < -0.4 is 0 Å². The Morgan fingerprint density at radius 3 is 2.20 bits per heavy atom. The molecule has 2 rings (SSSR count). The zero-order valence-corrected chi connectivity index (χ0v) is 10.4. The van der Waals surface area contributed by atoms with Crippen LogP contribution in [0.2, 0.25) is 0 Å². The van der Waals surface area contributed by atoms with Gasteiger partial charge < -0.3 is 0 Å². The van der Waals surface area contributed by atoms with Gasteiger partial charge in [0, 0.05) is 5.41 Å². The summed E-state index contributed by atoms with van der Waals surface area (Å²) in [6, 6.07) is 0. The molecule has 0 spiro atoms. The van der Waals surface area contributed by atoms with Gasteiger partial charge in [-0.05, 0) is 52.2 Å². The Morgan fingerprint density at radius 1 is 1.13 bits per heavy atom. The van der Waals surface area contributed by atoms with Crippen LogP contribution in [0.25, 0.3) is 0 Å². The maximum absolute atomic E-state index is 2.43. The van der Waals surface area contributed by atoms with Gasteiger partial charge in [-0.3, -0.25) is 0 Å². The summed E-state index contributed by atoms with van der Waals surface area (Å²) >= 11 is 0. The molecule has 0 aromatic rings. The average Bonchev–Trinajstić information content (AvgIpc) is 2.68. The first-order chi connectivity index (χ1) is 6.97. The molecule has 1 unspecified atom stereocenters. The molecule has 0 amide bonds. The molecule has 15 heavy (non-hydrogen) atoms. The van der Waals surface area contributed by atoms with E-state index in [1.165, 1.54) is 22.3 Å². The Balaban J connectivity index is 2.52. The lowest BCUT2D eigenvalue weighted by Gasteiger charge is -2.28. The van der Waals surface area contributed by atoms with Crippen molar-refractivity contribution < 1.29 is 0 Å². The molecule has 0 heterocycles. The van der Waals surface area contributed by atoms with E-state index in [2.05, 4.69) is 52.8 Å². The van der Waals surface area contributed by atoms with Crippen molar-refractivity contribution in [1.29, 1.82) is 0 Å². The fourth-order valence-corrected chi connectivity index (χ4v) is 2.88. The fraction of sp³-hybridized carbons (Fsp3) is 0.467. The largest absolute Gasteiger partial charge is 0.0801 e. The van der Waals surface area contributed by atoms with E-state index >= 15 is 0 Å². The number of hydrogen-bond acceptors (Lipinski definition) is 0. The van der Waals surface area contributed by atoms with E-state index in [1.807, 2.05) is 0 Å². The van der Waals surface area contributed by atoms with Gasteiger partial charge in [0.2, 0.25) is 0 Å². The first-order valence-corrected chi connectivity index (χ1v) is 5.71. The normalized spacial score (nSPS) is 30.6. The Labute approximate surface area is 93.1 Å². The molecule has 1 atom stereocenters. The average molecular weight is 200 g/mol. The molecule has 80 valence electrons. The van der Waals surface area contributed by atoms with Crippen molar-refractivity contribution >= 4 is 0 Å². The fourth-order valence-electron chi connectivity index (χ4n) is 2.88. The quantitative estimate of drug-likeness (QED) is 0.582. The summed E-state index contributed by atoms with van der Waals surface area (Å²) in [7, 11) is 0. The van der Waals surface area contributed by atoms with Gasteiger partial charge >= 0.3 is 0 Å². The summed E-state index contributed by atoms with van der Waals surface area (Å²) in [5, 5.41) is 0. The molecule has 0 bridgehead atoms. The maximum atomic E-state index is 2.43. The number of hydrogen-bond donors (Lipinski definition) is 0. The molecule has 2 aliphatic carbocycles. The smallest absolute Gasteiger partial charge is 0.0289 e. The van der Waals surface area contributed by atoms with Crippen LogP contribution in [-0.4, -0.2) is 0 Å². The van der Waals surface area contributed by atoms with Gasteiger partial charge in [-0.25, -0.2) is 0 Å². The highest BCUT2D eigenvalue weighted by atomic mass is 14.4. The second kappa shape index (κ2) is 3.23. The Hall–Kier alpha value is -1.04. The van der Waals surface area contributed by atoms with E-state index in [4.69, 9.17) is 0 Å². The highest BCUT2D eigenvalue weighted by molar-refractivity contribution is 5.54. The van der Waals surface area contributed by atoms with Gasteiger partial charge in [0.1, 0.15) is 0 Å². The Kier molecular flexibility index (Phi) is 2.26. The second-order valence-corrected chi connectivity index (χ2v) is 5.05. The molecular formula is C15H20. The molecule has 0 aliphatic heterocycles. The van der Waals surface area contributed by atoms with Crippen LogP contribution >= 0.6 is 0 Å².